The quantitative estimate of drug-likeness (QED) is 0.837. The van der Waals surface area contributed by atoms with Crippen LogP contribution in [0.4, 0.5) is 0 Å². The van der Waals surface area contributed by atoms with Crippen LogP contribution in [-0.2, 0) is 16.1 Å². The van der Waals surface area contributed by atoms with Crippen molar-refractivity contribution in [1.29, 1.82) is 5.26 Å². The highest BCUT2D eigenvalue weighted by atomic mass is 16.2. The Balaban J connectivity index is 1.44. The van der Waals surface area contributed by atoms with Crippen LogP contribution in [0.25, 0.3) is 0 Å². The number of piperidine rings is 1. The molecule has 6 heteroatoms. The van der Waals surface area contributed by atoms with Crippen LogP contribution in [0.15, 0.2) is 24.5 Å². The van der Waals surface area contributed by atoms with Crippen molar-refractivity contribution in [2.24, 2.45) is 17.3 Å². The second-order valence-corrected chi connectivity index (χ2v) is 7.18. The molecule has 24 heavy (non-hydrogen) atoms. The molecule has 0 aromatic carbocycles. The minimum atomic E-state index is -0.786. The van der Waals surface area contributed by atoms with Crippen molar-refractivity contribution in [1.82, 2.24) is 14.8 Å². The predicted molar refractivity (Wildman–Crippen MR) is 85.1 cm³/mol. The van der Waals surface area contributed by atoms with Gasteiger partial charge in [0, 0.05) is 38.6 Å². The van der Waals surface area contributed by atoms with Crippen LogP contribution in [0, 0.1) is 28.6 Å². The number of hydrogen-bond acceptors (Lipinski definition) is 4. The molecule has 0 unspecified atom stereocenters. The van der Waals surface area contributed by atoms with Crippen molar-refractivity contribution in [3.8, 4) is 6.07 Å². The first-order chi connectivity index (χ1) is 11.6. The van der Waals surface area contributed by atoms with Gasteiger partial charge in [-0.15, -0.1) is 0 Å². The zero-order chi connectivity index (χ0) is 16.7. The van der Waals surface area contributed by atoms with E-state index < -0.39 is 5.41 Å². The third kappa shape index (κ3) is 2.44. The number of aromatic nitrogens is 1. The van der Waals surface area contributed by atoms with Gasteiger partial charge in [0.1, 0.15) is 5.41 Å². The van der Waals surface area contributed by atoms with Gasteiger partial charge in [0.15, 0.2) is 0 Å². The van der Waals surface area contributed by atoms with Crippen molar-refractivity contribution in [2.75, 3.05) is 19.6 Å². The Morgan fingerprint density at radius 1 is 1.42 bits per heavy atom. The molecule has 0 N–H and O–H groups in total. The third-order valence-corrected chi connectivity index (χ3v) is 5.60. The molecule has 2 aliphatic heterocycles. The van der Waals surface area contributed by atoms with Gasteiger partial charge in [0.05, 0.1) is 12.0 Å². The van der Waals surface area contributed by atoms with Gasteiger partial charge in [-0.3, -0.25) is 14.6 Å². The van der Waals surface area contributed by atoms with Crippen molar-refractivity contribution in [3.05, 3.63) is 30.1 Å². The van der Waals surface area contributed by atoms with E-state index in [1.165, 1.54) is 0 Å². The standard InChI is InChI=1S/C18H20N4O2/c19-12-18(4-5-18)17(24)22-10-14-3-7-21(16(23)15(14)11-22)9-13-2-1-6-20-8-13/h1-2,6,8,14-15H,3-5,7,9-11H2/t14-,15+/m1/s1. The molecule has 4 rings (SSSR count). The lowest BCUT2D eigenvalue weighted by Crippen LogP contribution is -2.44. The maximum atomic E-state index is 12.8. The fraction of sp³-hybridized carbons (Fsp3) is 0.556. The molecule has 1 aliphatic carbocycles. The summed E-state index contributed by atoms with van der Waals surface area (Å²) in [6.07, 6.45) is 5.75. The van der Waals surface area contributed by atoms with E-state index in [0.29, 0.717) is 32.5 Å². The molecule has 0 bridgehead atoms. The Hall–Kier alpha value is -2.42. The van der Waals surface area contributed by atoms with E-state index in [0.717, 1.165) is 18.5 Å². The summed E-state index contributed by atoms with van der Waals surface area (Å²) in [7, 11) is 0. The second kappa shape index (κ2) is 5.59. The average molecular weight is 324 g/mol. The van der Waals surface area contributed by atoms with Crippen LogP contribution in [0.3, 0.4) is 0 Å². The summed E-state index contributed by atoms with van der Waals surface area (Å²) < 4.78 is 0. The van der Waals surface area contributed by atoms with Crippen LogP contribution >= 0.6 is 0 Å². The number of nitriles is 1. The first-order valence-electron chi connectivity index (χ1n) is 8.51. The van der Waals surface area contributed by atoms with Crippen LogP contribution in [-0.4, -0.2) is 46.2 Å². The summed E-state index contributed by atoms with van der Waals surface area (Å²) in [6, 6.07) is 6.02. The third-order valence-electron chi connectivity index (χ3n) is 5.60. The number of carbonyl (C=O) groups is 2. The number of carbonyl (C=O) groups excluding carboxylic acids is 2. The molecule has 2 amide bonds. The molecule has 2 saturated heterocycles. The Labute approximate surface area is 141 Å². The molecule has 1 aromatic rings. The van der Waals surface area contributed by atoms with Crippen LogP contribution in [0.5, 0.6) is 0 Å². The zero-order valence-electron chi connectivity index (χ0n) is 13.5. The summed E-state index contributed by atoms with van der Waals surface area (Å²) in [5.74, 6) is 0.188. The lowest BCUT2D eigenvalue weighted by Gasteiger charge is -2.33. The van der Waals surface area contributed by atoms with E-state index >= 15 is 0 Å². The number of pyridine rings is 1. The molecule has 1 aromatic heterocycles. The van der Waals surface area contributed by atoms with Crippen molar-refractivity contribution >= 4 is 11.8 Å². The number of hydrogen-bond donors (Lipinski definition) is 0. The van der Waals surface area contributed by atoms with Gasteiger partial charge in [0.2, 0.25) is 11.8 Å². The monoisotopic (exact) mass is 324 g/mol. The lowest BCUT2D eigenvalue weighted by atomic mass is 9.88. The fourth-order valence-corrected chi connectivity index (χ4v) is 3.95. The van der Waals surface area contributed by atoms with Crippen molar-refractivity contribution in [3.63, 3.8) is 0 Å². The molecule has 3 aliphatic rings. The minimum absolute atomic E-state index is 0.0639. The number of rotatable bonds is 3. The highest BCUT2D eigenvalue weighted by Gasteiger charge is 2.55. The Morgan fingerprint density at radius 2 is 2.25 bits per heavy atom. The van der Waals surface area contributed by atoms with E-state index in [4.69, 9.17) is 0 Å². The van der Waals surface area contributed by atoms with Crippen LogP contribution < -0.4 is 0 Å². The van der Waals surface area contributed by atoms with Crippen LogP contribution in [0.2, 0.25) is 0 Å². The molecule has 3 fully saturated rings. The van der Waals surface area contributed by atoms with Gasteiger partial charge in [-0.1, -0.05) is 6.07 Å². The Bertz CT molecular complexity index is 707. The largest absolute Gasteiger partial charge is 0.340 e. The second-order valence-electron chi connectivity index (χ2n) is 7.18. The molecule has 2 atom stereocenters. The summed E-state index contributed by atoms with van der Waals surface area (Å²) in [5.41, 5.74) is 0.239. The highest BCUT2D eigenvalue weighted by Crippen LogP contribution is 2.48. The SMILES string of the molecule is N#CC1(C(=O)N2C[C@H]3CCN(Cc4cccnc4)C(=O)[C@H]3C2)CC1. The maximum absolute atomic E-state index is 12.8. The van der Waals surface area contributed by atoms with Gasteiger partial charge in [0.25, 0.3) is 0 Å². The first-order valence-corrected chi connectivity index (χ1v) is 8.51. The zero-order valence-corrected chi connectivity index (χ0v) is 13.5. The average Bonchev–Trinajstić information content (AvgIpc) is 3.29. The summed E-state index contributed by atoms with van der Waals surface area (Å²) in [4.78, 5) is 33.1. The lowest BCUT2D eigenvalue weighted by molar-refractivity contribution is -0.140. The molecule has 0 spiro atoms. The van der Waals surface area contributed by atoms with Gasteiger partial charge < -0.3 is 9.80 Å². The van der Waals surface area contributed by atoms with Gasteiger partial charge in [-0.05, 0) is 36.8 Å². The maximum Gasteiger partial charge on any atom is 0.243 e. The summed E-state index contributed by atoms with van der Waals surface area (Å²) in [6.45, 7) is 2.39. The van der Waals surface area contributed by atoms with E-state index in [9.17, 15) is 14.9 Å². The number of likely N-dealkylation sites (tertiary alicyclic amines) is 2. The number of nitrogens with zero attached hydrogens (tertiary/aromatic N) is 4. The summed E-state index contributed by atoms with van der Waals surface area (Å²) >= 11 is 0. The molecule has 6 nitrogen and oxygen atoms in total. The smallest absolute Gasteiger partial charge is 0.243 e. The molecular weight excluding hydrogens is 304 g/mol. The topological polar surface area (TPSA) is 77.3 Å². The van der Waals surface area contributed by atoms with Gasteiger partial charge in [-0.25, -0.2) is 0 Å². The number of amides is 2. The van der Waals surface area contributed by atoms with Crippen LogP contribution in [0.1, 0.15) is 24.8 Å². The predicted octanol–water partition coefficient (Wildman–Crippen LogP) is 1.19. The van der Waals surface area contributed by atoms with Gasteiger partial charge in [-0.2, -0.15) is 5.26 Å². The van der Waals surface area contributed by atoms with Crippen molar-refractivity contribution < 1.29 is 9.59 Å². The van der Waals surface area contributed by atoms with E-state index in [-0.39, 0.29) is 23.7 Å². The first kappa shape index (κ1) is 15.1. The van der Waals surface area contributed by atoms with E-state index in [1.54, 1.807) is 17.3 Å². The number of fused-ring (bicyclic) bond motifs is 1. The van der Waals surface area contributed by atoms with E-state index in [1.807, 2.05) is 17.0 Å². The van der Waals surface area contributed by atoms with Crippen molar-refractivity contribution in [2.45, 2.75) is 25.8 Å². The molecule has 124 valence electrons. The molecule has 1 saturated carbocycles. The summed E-state index contributed by atoms with van der Waals surface area (Å²) in [5, 5.41) is 9.23. The molecule has 3 heterocycles. The van der Waals surface area contributed by atoms with E-state index in [2.05, 4.69) is 11.1 Å². The fourth-order valence-electron chi connectivity index (χ4n) is 3.95. The molecule has 0 radical (unpaired) electrons. The minimum Gasteiger partial charge on any atom is -0.340 e. The molecular formula is C18H20N4O2. The highest BCUT2D eigenvalue weighted by molar-refractivity contribution is 5.90. The Kier molecular flexibility index (Phi) is 3.52. The normalized spacial score (nSPS) is 27.5. The Morgan fingerprint density at radius 3 is 2.92 bits per heavy atom. The van der Waals surface area contributed by atoms with Gasteiger partial charge >= 0.3 is 0 Å².